The van der Waals surface area contributed by atoms with Gasteiger partial charge in [-0.25, -0.2) is 4.79 Å². The number of ether oxygens (including phenoxy) is 2. The van der Waals surface area contributed by atoms with E-state index in [-0.39, 0.29) is 27.9 Å². The van der Waals surface area contributed by atoms with Crippen LogP contribution >= 0.6 is 11.6 Å². The van der Waals surface area contributed by atoms with Gasteiger partial charge < -0.3 is 9.47 Å². The molecule has 2 aromatic carbocycles. The molecule has 0 aliphatic heterocycles. The highest BCUT2D eigenvalue weighted by Gasteiger charge is 2.31. The van der Waals surface area contributed by atoms with Crippen molar-refractivity contribution >= 4 is 40.5 Å². The Morgan fingerprint density at radius 1 is 1.10 bits per heavy atom. The molecule has 2 rings (SSSR count). The Morgan fingerprint density at radius 2 is 1.77 bits per heavy atom. The van der Waals surface area contributed by atoms with Crippen LogP contribution in [0.15, 0.2) is 36.4 Å². The number of anilines is 1. The van der Waals surface area contributed by atoms with E-state index in [9.17, 15) is 29.8 Å². The summed E-state index contributed by atoms with van der Waals surface area (Å²) in [6, 6.07) is 5.94. The smallest absolute Gasteiger partial charge is 0.328 e. The number of carbonyl (C=O) groups excluding carboxylic acids is 2. The van der Waals surface area contributed by atoms with Crippen molar-refractivity contribution < 1.29 is 28.9 Å². The van der Waals surface area contributed by atoms with Crippen LogP contribution < -0.4 is 9.64 Å². The van der Waals surface area contributed by atoms with Gasteiger partial charge >= 0.3 is 5.97 Å². The van der Waals surface area contributed by atoms with Crippen LogP contribution in [0.5, 0.6) is 11.5 Å². The molecule has 0 saturated carbocycles. The van der Waals surface area contributed by atoms with Crippen molar-refractivity contribution in [2.45, 2.75) is 19.9 Å². The first-order valence-electron chi connectivity index (χ1n) is 8.34. The lowest BCUT2D eigenvalue weighted by atomic mass is 10.1. The highest BCUT2D eigenvalue weighted by molar-refractivity contribution is 6.32. The predicted molar refractivity (Wildman–Crippen MR) is 106 cm³/mol. The van der Waals surface area contributed by atoms with E-state index in [1.54, 1.807) is 0 Å². The molecular formula is C18H16ClN3O8. The van der Waals surface area contributed by atoms with Crippen LogP contribution in [0.25, 0.3) is 0 Å². The van der Waals surface area contributed by atoms with E-state index < -0.39 is 33.5 Å². The zero-order valence-electron chi connectivity index (χ0n) is 16.0. The number of hydrogen-bond donors (Lipinski definition) is 0. The molecule has 2 aromatic rings. The summed E-state index contributed by atoms with van der Waals surface area (Å²) in [6.07, 6.45) is 0. The second kappa shape index (κ2) is 9.18. The van der Waals surface area contributed by atoms with Gasteiger partial charge in [0.25, 0.3) is 11.4 Å². The van der Waals surface area contributed by atoms with Crippen LogP contribution in [0.2, 0.25) is 5.02 Å². The summed E-state index contributed by atoms with van der Waals surface area (Å²) in [5.41, 5.74) is -0.879. The number of esters is 1. The molecule has 11 nitrogen and oxygen atoms in total. The molecule has 1 amide bonds. The van der Waals surface area contributed by atoms with Crippen LogP contribution in [0.3, 0.4) is 0 Å². The van der Waals surface area contributed by atoms with Crippen LogP contribution in [0, 0.1) is 20.2 Å². The first-order chi connectivity index (χ1) is 14.1. The van der Waals surface area contributed by atoms with Crippen molar-refractivity contribution in [2.24, 2.45) is 0 Å². The maximum absolute atomic E-state index is 12.2. The molecule has 0 aliphatic rings. The van der Waals surface area contributed by atoms with Gasteiger partial charge in [-0.3, -0.25) is 29.9 Å². The summed E-state index contributed by atoms with van der Waals surface area (Å²) in [5.74, 6) is -1.31. The maximum Gasteiger partial charge on any atom is 0.328 e. The molecule has 0 spiro atoms. The van der Waals surface area contributed by atoms with Crippen molar-refractivity contribution in [1.82, 2.24) is 0 Å². The molecule has 30 heavy (non-hydrogen) atoms. The molecule has 0 saturated heterocycles. The fraction of sp³-hybridized carbons (Fsp3) is 0.222. The van der Waals surface area contributed by atoms with E-state index in [1.807, 2.05) is 0 Å². The highest BCUT2D eigenvalue weighted by atomic mass is 35.5. The van der Waals surface area contributed by atoms with Crippen LogP contribution in [0.4, 0.5) is 17.1 Å². The minimum atomic E-state index is -1.15. The van der Waals surface area contributed by atoms with E-state index in [0.29, 0.717) is 0 Å². The lowest BCUT2D eigenvalue weighted by Crippen LogP contribution is -2.43. The van der Waals surface area contributed by atoms with E-state index >= 15 is 0 Å². The largest absolute Gasteiger partial charge is 0.467 e. The standard InChI is InChI=1S/C18H16ClN3O8/c1-10(18(24)29-3)20(11(2)23)16-9-13(5-6-15(16)22(27)28)30-17-7-4-12(21(25)26)8-14(17)19/h4-10H,1-3H3. The summed E-state index contributed by atoms with van der Waals surface area (Å²) in [7, 11) is 1.13. The SMILES string of the molecule is COC(=O)C(C)N(C(C)=O)c1cc(Oc2ccc([N+](=O)[O-])cc2Cl)ccc1[N+](=O)[O-]. The summed E-state index contributed by atoms with van der Waals surface area (Å²) in [5, 5.41) is 22.2. The Hall–Kier alpha value is -3.73. The third kappa shape index (κ3) is 4.81. The van der Waals surface area contributed by atoms with Gasteiger partial charge in [0, 0.05) is 31.2 Å². The van der Waals surface area contributed by atoms with Crippen molar-refractivity contribution in [2.75, 3.05) is 12.0 Å². The molecule has 0 aliphatic carbocycles. The van der Waals surface area contributed by atoms with Crippen molar-refractivity contribution in [3.8, 4) is 11.5 Å². The van der Waals surface area contributed by atoms with Gasteiger partial charge in [0.15, 0.2) is 0 Å². The van der Waals surface area contributed by atoms with E-state index in [4.69, 9.17) is 16.3 Å². The Kier molecular flexibility index (Phi) is 6.90. The minimum absolute atomic E-state index is 0.0506. The number of benzene rings is 2. The average molecular weight is 438 g/mol. The van der Waals surface area contributed by atoms with E-state index in [1.165, 1.54) is 31.2 Å². The van der Waals surface area contributed by atoms with Crippen LogP contribution in [-0.4, -0.2) is 34.9 Å². The van der Waals surface area contributed by atoms with Crippen molar-refractivity contribution in [3.05, 3.63) is 61.6 Å². The third-order valence-corrected chi connectivity index (χ3v) is 4.32. The maximum atomic E-state index is 12.2. The number of nitrogens with zero attached hydrogens (tertiary/aromatic N) is 3. The fourth-order valence-corrected chi connectivity index (χ4v) is 2.87. The first-order valence-corrected chi connectivity index (χ1v) is 8.72. The molecule has 0 heterocycles. The number of hydrogen-bond acceptors (Lipinski definition) is 8. The fourth-order valence-electron chi connectivity index (χ4n) is 2.65. The number of amides is 1. The topological polar surface area (TPSA) is 142 Å². The predicted octanol–water partition coefficient (Wildman–Crippen LogP) is 3.86. The molecular weight excluding hydrogens is 422 g/mol. The van der Waals surface area contributed by atoms with Gasteiger partial charge in [-0.1, -0.05) is 11.6 Å². The summed E-state index contributed by atoms with van der Waals surface area (Å²) < 4.78 is 10.2. The van der Waals surface area contributed by atoms with Gasteiger partial charge in [0.1, 0.15) is 23.2 Å². The quantitative estimate of drug-likeness (QED) is 0.361. The van der Waals surface area contributed by atoms with Gasteiger partial charge in [-0.2, -0.15) is 0 Å². The summed E-state index contributed by atoms with van der Waals surface area (Å²) >= 11 is 6.01. The van der Waals surface area contributed by atoms with Gasteiger partial charge in [-0.15, -0.1) is 0 Å². The minimum Gasteiger partial charge on any atom is -0.467 e. The number of rotatable bonds is 7. The van der Waals surface area contributed by atoms with Gasteiger partial charge in [0.05, 0.1) is 22.0 Å². The normalized spacial score (nSPS) is 11.3. The van der Waals surface area contributed by atoms with E-state index in [0.717, 1.165) is 31.1 Å². The Labute approximate surface area is 175 Å². The molecule has 158 valence electrons. The Balaban J connectivity index is 2.52. The number of non-ortho nitro benzene ring substituents is 1. The zero-order valence-corrected chi connectivity index (χ0v) is 16.8. The number of halogens is 1. The number of nitro groups is 2. The number of nitro benzene ring substituents is 2. The number of methoxy groups -OCH3 is 1. The molecule has 1 atom stereocenters. The highest BCUT2D eigenvalue weighted by Crippen LogP contribution is 2.37. The Morgan fingerprint density at radius 3 is 2.27 bits per heavy atom. The molecule has 0 N–H and O–H groups in total. The van der Waals surface area contributed by atoms with E-state index in [2.05, 4.69) is 4.74 Å². The number of carbonyl (C=O) groups is 2. The first kappa shape index (κ1) is 22.6. The van der Waals surface area contributed by atoms with Crippen molar-refractivity contribution in [3.63, 3.8) is 0 Å². The molecule has 0 fully saturated rings. The lowest BCUT2D eigenvalue weighted by Gasteiger charge is -2.26. The zero-order chi connectivity index (χ0) is 22.6. The lowest BCUT2D eigenvalue weighted by molar-refractivity contribution is -0.384. The van der Waals surface area contributed by atoms with Gasteiger partial charge in [-0.05, 0) is 19.1 Å². The summed E-state index contributed by atoms with van der Waals surface area (Å²) in [4.78, 5) is 46.0. The second-order valence-electron chi connectivity index (χ2n) is 5.97. The van der Waals surface area contributed by atoms with Crippen LogP contribution in [0.1, 0.15) is 13.8 Å². The van der Waals surface area contributed by atoms with Gasteiger partial charge in [0.2, 0.25) is 5.91 Å². The average Bonchev–Trinajstić information content (AvgIpc) is 2.68. The second-order valence-corrected chi connectivity index (χ2v) is 6.38. The summed E-state index contributed by atoms with van der Waals surface area (Å²) in [6.45, 7) is 2.50. The van der Waals surface area contributed by atoms with Crippen molar-refractivity contribution in [1.29, 1.82) is 0 Å². The Bertz CT molecular complexity index is 1030. The monoisotopic (exact) mass is 437 g/mol. The molecule has 0 radical (unpaired) electrons. The molecule has 12 heteroatoms. The third-order valence-electron chi connectivity index (χ3n) is 4.03. The molecule has 0 bridgehead atoms. The molecule has 1 unspecified atom stereocenters. The molecule has 0 aromatic heterocycles. The van der Waals surface area contributed by atoms with Crippen LogP contribution in [-0.2, 0) is 14.3 Å².